The van der Waals surface area contributed by atoms with E-state index < -0.39 is 0 Å². The summed E-state index contributed by atoms with van der Waals surface area (Å²) >= 11 is 0. The van der Waals surface area contributed by atoms with Crippen LogP contribution < -0.4 is 10.6 Å². The highest BCUT2D eigenvalue weighted by Crippen LogP contribution is 2.18. The topological polar surface area (TPSA) is 37.0 Å². The third-order valence-electron chi connectivity index (χ3n) is 3.67. The Balaban J connectivity index is 1.61. The second-order valence-corrected chi connectivity index (χ2v) is 5.45. The van der Waals surface area contributed by atoms with E-state index in [0.29, 0.717) is 6.04 Å². The molecule has 1 fully saturated rings. The van der Waals surface area contributed by atoms with Gasteiger partial charge in [0.15, 0.2) is 0 Å². The minimum absolute atomic E-state index is 0.493. The molecule has 1 aliphatic carbocycles. The molecule has 0 bridgehead atoms. The Morgan fingerprint density at radius 3 is 2.95 bits per heavy atom. The highest BCUT2D eigenvalue weighted by molar-refractivity contribution is 5.81. The van der Waals surface area contributed by atoms with Gasteiger partial charge in [0.1, 0.15) is 0 Å². The van der Waals surface area contributed by atoms with Crippen molar-refractivity contribution < 1.29 is 0 Å². The van der Waals surface area contributed by atoms with Gasteiger partial charge < -0.3 is 10.6 Å². The lowest BCUT2D eigenvalue weighted by Gasteiger charge is -2.15. The van der Waals surface area contributed by atoms with Crippen molar-refractivity contribution in [2.45, 2.75) is 38.4 Å². The first kappa shape index (κ1) is 12.6. The first-order valence-corrected chi connectivity index (χ1v) is 7.12. The van der Waals surface area contributed by atoms with Crippen LogP contribution in [-0.4, -0.2) is 23.6 Å². The molecule has 0 radical (unpaired) electrons. The van der Waals surface area contributed by atoms with Crippen molar-refractivity contribution >= 4 is 10.9 Å². The number of para-hydroxylation sites is 1. The number of fused-ring (bicyclic) bond motifs is 1. The molecule has 2 N–H and O–H groups in total. The summed E-state index contributed by atoms with van der Waals surface area (Å²) in [6.45, 7) is 4.18. The lowest BCUT2D eigenvalue weighted by atomic mass is 10.1. The third-order valence-corrected chi connectivity index (χ3v) is 3.67. The number of aromatic nitrogens is 1. The fourth-order valence-electron chi connectivity index (χ4n) is 2.30. The zero-order valence-electron chi connectivity index (χ0n) is 11.4. The second-order valence-electron chi connectivity index (χ2n) is 5.45. The molecule has 1 aromatic heterocycles. The maximum absolute atomic E-state index is 4.40. The molecular weight excluding hydrogens is 234 g/mol. The van der Waals surface area contributed by atoms with Gasteiger partial charge in [-0.25, -0.2) is 0 Å². The van der Waals surface area contributed by atoms with Crippen LogP contribution in [-0.2, 0) is 6.54 Å². The molecule has 1 heterocycles. The van der Waals surface area contributed by atoms with Crippen LogP contribution in [0.2, 0.25) is 0 Å². The molecule has 1 unspecified atom stereocenters. The Kier molecular flexibility index (Phi) is 3.76. The average Bonchev–Trinajstić information content (AvgIpc) is 3.27. The molecule has 3 heteroatoms. The van der Waals surface area contributed by atoms with Gasteiger partial charge in [0, 0.05) is 36.8 Å². The van der Waals surface area contributed by atoms with Crippen LogP contribution in [0.1, 0.15) is 25.3 Å². The highest BCUT2D eigenvalue weighted by Gasteiger charge is 2.20. The van der Waals surface area contributed by atoms with Crippen LogP contribution in [0, 0.1) is 0 Å². The van der Waals surface area contributed by atoms with Crippen LogP contribution in [0.15, 0.2) is 36.5 Å². The fraction of sp³-hybridized carbons (Fsp3) is 0.438. The Morgan fingerprint density at radius 2 is 2.11 bits per heavy atom. The smallest absolute Gasteiger partial charge is 0.0705 e. The van der Waals surface area contributed by atoms with E-state index in [2.05, 4.69) is 46.8 Å². The molecule has 1 aromatic carbocycles. The molecule has 0 saturated heterocycles. The summed E-state index contributed by atoms with van der Waals surface area (Å²) < 4.78 is 0. The lowest BCUT2D eigenvalue weighted by molar-refractivity contribution is 0.501. The molecule has 2 aromatic rings. The Labute approximate surface area is 114 Å². The number of benzene rings is 1. The first-order chi connectivity index (χ1) is 9.33. The molecule has 0 spiro atoms. The Bertz CT molecular complexity index is 543. The van der Waals surface area contributed by atoms with Gasteiger partial charge in [-0.05, 0) is 37.5 Å². The fourth-order valence-corrected chi connectivity index (χ4v) is 2.30. The van der Waals surface area contributed by atoms with E-state index in [1.54, 1.807) is 0 Å². The molecule has 3 nitrogen and oxygen atoms in total. The molecule has 100 valence electrons. The van der Waals surface area contributed by atoms with Crippen molar-refractivity contribution in [1.82, 2.24) is 15.6 Å². The van der Waals surface area contributed by atoms with Crippen LogP contribution in [0.3, 0.4) is 0 Å². The number of nitrogens with zero attached hydrogens (tertiary/aromatic N) is 1. The van der Waals surface area contributed by atoms with Gasteiger partial charge in [0.25, 0.3) is 0 Å². The molecule has 0 amide bonds. The monoisotopic (exact) mass is 255 g/mol. The summed E-state index contributed by atoms with van der Waals surface area (Å²) in [4.78, 5) is 4.40. The second kappa shape index (κ2) is 5.68. The van der Waals surface area contributed by atoms with Crippen molar-refractivity contribution in [3.8, 4) is 0 Å². The van der Waals surface area contributed by atoms with Gasteiger partial charge in [-0.15, -0.1) is 0 Å². The summed E-state index contributed by atoms with van der Waals surface area (Å²) in [6.07, 6.45) is 4.59. The standard InChI is InChI=1S/C16H21N3/c1-12(10-19-14-6-7-14)18-11-13-8-9-17-16-5-3-2-4-15(13)16/h2-5,8-9,12,14,18-19H,6-7,10-11H2,1H3. The largest absolute Gasteiger partial charge is 0.312 e. The van der Waals surface area contributed by atoms with E-state index in [9.17, 15) is 0 Å². The number of pyridine rings is 1. The molecule has 1 saturated carbocycles. The quantitative estimate of drug-likeness (QED) is 0.832. The van der Waals surface area contributed by atoms with E-state index >= 15 is 0 Å². The van der Waals surface area contributed by atoms with Crippen molar-refractivity contribution in [2.24, 2.45) is 0 Å². The minimum Gasteiger partial charge on any atom is -0.312 e. The predicted octanol–water partition coefficient (Wildman–Crippen LogP) is 2.46. The SMILES string of the molecule is CC(CNC1CC1)NCc1ccnc2ccccc12. The van der Waals surface area contributed by atoms with Crippen LogP contribution in [0.5, 0.6) is 0 Å². The van der Waals surface area contributed by atoms with Crippen molar-refractivity contribution in [3.63, 3.8) is 0 Å². The number of nitrogens with one attached hydrogen (secondary N) is 2. The summed E-state index contributed by atoms with van der Waals surface area (Å²) in [5.74, 6) is 0. The predicted molar refractivity (Wildman–Crippen MR) is 79.1 cm³/mol. The van der Waals surface area contributed by atoms with Crippen LogP contribution >= 0.6 is 0 Å². The van der Waals surface area contributed by atoms with E-state index in [1.165, 1.54) is 23.8 Å². The molecular formula is C16H21N3. The molecule has 3 rings (SSSR count). The van der Waals surface area contributed by atoms with E-state index in [1.807, 2.05) is 12.3 Å². The summed E-state index contributed by atoms with van der Waals surface area (Å²) in [5, 5.41) is 8.39. The van der Waals surface area contributed by atoms with Gasteiger partial charge in [0.2, 0.25) is 0 Å². The normalized spacial score (nSPS) is 16.7. The number of hydrogen-bond donors (Lipinski definition) is 2. The molecule has 0 aliphatic heterocycles. The van der Waals surface area contributed by atoms with Crippen LogP contribution in [0.4, 0.5) is 0 Å². The van der Waals surface area contributed by atoms with Gasteiger partial charge in [-0.2, -0.15) is 0 Å². The van der Waals surface area contributed by atoms with Crippen molar-refractivity contribution in [2.75, 3.05) is 6.54 Å². The van der Waals surface area contributed by atoms with E-state index in [-0.39, 0.29) is 0 Å². The Hall–Kier alpha value is -1.45. The molecule has 1 atom stereocenters. The van der Waals surface area contributed by atoms with Gasteiger partial charge in [-0.3, -0.25) is 4.98 Å². The highest BCUT2D eigenvalue weighted by atomic mass is 15.0. The minimum atomic E-state index is 0.493. The summed E-state index contributed by atoms with van der Waals surface area (Å²) in [5.41, 5.74) is 2.40. The van der Waals surface area contributed by atoms with E-state index in [4.69, 9.17) is 0 Å². The lowest BCUT2D eigenvalue weighted by Crippen LogP contribution is -2.36. The zero-order valence-corrected chi connectivity index (χ0v) is 11.4. The number of hydrogen-bond acceptors (Lipinski definition) is 3. The Morgan fingerprint density at radius 1 is 1.26 bits per heavy atom. The van der Waals surface area contributed by atoms with Crippen LogP contribution in [0.25, 0.3) is 10.9 Å². The first-order valence-electron chi connectivity index (χ1n) is 7.12. The van der Waals surface area contributed by atoms with Gasteiger partial charge in [0.05, 0.1) is 5.52 Å². The maximum atomic E-state index is 4.40. The molecule has 19 heavy (non-hydrogen) atoms. The summed E-state index contributed by atoms with van der Waals surface area (Å²) in [7, 11) is 0. The zero-order chi connectivity index (χ0) is 13.1. The van der Waals surface area contributed by atoms with Gasteiger partial charge >= 0.3 is 0 Å². The average molecular weight is 255 g/mol. The van der Waals surface area contributed by atoms with Gasteiger partial charge in [-0.1, -0.05) is 18.2 Å². The molecule has 1 aliphatic rings. The van der Waals surface area contributed by atoms with E-state index in [0.717, 1.165) is 24.6 Å². The van der Waals surface area contributed by atoms with Crippen molar-refractivity contribution in [1.29, 1.82) is 0 Å². The maximum Gasteiger partial charge on any atom is 0.0705 e. The third kappa shape index (κ3) is 3.31. The van der Waals surface area contributed by atoms with Crippen molar-refractivity contribution in [3.05, 3.63) is 42.1 Å². The number of rotatable bonds is 6. The summed E-state index contributed by atoms with van der Waals surface area (Å²) in [6, 6.07) is 11.7.